The third-order valence-corrected chi connectivity index (χ3v) is 4.62. The molecule has 0 aliphatic carbocycles. The van der Waals surface area contributed by atoms with Crippen LogP contribution in [0.25, 0.3) is 16.9 Å². The molecule has 3 aromatic rings. The van der Waals surface area contributed by atoms with Crippen molar-refractivity contribution in [3.8, 4) is 22.7 Å². The lowest BCUT2D eigenvalue weighted by molar-refractivity contribution is -0.274. The van der Waals surface area contributed by atoms with Crippen LogP contribution in [0.2, 0.25) is 0 Å². The van der Waals surface area contributed by atoms with Crippen LogP contribution in [0.4, 0.5) is 13.2 Å². The van der Waals surface area contributed by atoms with Gasteiger partial charge in [-0.25, -0.2) is 4.68 Å². The molecule has 0 spiro atoms. The average molecular weight is 422 g/mol. The number of hydrogen-bond donors (Lipinski definition) is 3. The highest BCUT2D eigenvalue weighted by Crippen LogP contribution is 2.24. The van der Waals surface area contributed by atoms with Gasteiger partial charge < -0.3 is 20.7 Å². The monoisotopic (exact) mass is 422 g/mol. The summed E-state index contributed by atoms with van der Waals surface area (Å²) in [4.78, 5) is 0. The molecule has 0 aliphatic heterocycles. The molecule has 0 fully saturated rings. The van der Waals surface area contributed by atoms with Crippen LogP contribution in [0.3, 0.4) is 0 Å². The van der Waals surface area contributed by atoms with Gasteiger partial charge in [-0.05, 0) is 42.7 Å². The summed E-state index contributed by atoms with van der Waals surface area (Å²) < 4.78 is 42.0. The number of aliphatic hydroxyl groups is 2. The molecule has 10 heteroatoms. The van der Waals surface area contributed by atoms with E-state index in [1.807, 2.05) is 24.3 Å². The topological polar surface area (TPSA) is 106 Å². The predicted octanol–water partition coefficient (Wildman–Crippen LogP) is 2.45. The molecule has 1 aromatic heterocycles. The number of rotatable bonds is 8. The first-order chi connectivity index (χ1) is 14.2. The summed E-state index contributed by atoms with van der Waals surface area (Å²) in [6.07, 6.45) is -2.05. The summed E-state index contributed by atoms with van der Waals surface area (Å²) in [6, 6.07) is 12.8. The Morgan fingerprint density at radius 3 is 2.17 bits per heavy atom. The van der Waals surface area contributed by atoms with Gasteiger partial charge in [0.15, 0.2) is 0 Å². The van der Waals surface area contributed by atoms with Crippen molar-refractivity contribution in [2.24, 2.45) is 5.73 Å². The SMILES string of the molecule is NC(CO)(CO)CCc1ccc(-c2cn(-c3ccc(OC(F)(F)F)cc3)nn2)cc1. The van der Waals surface area contributed by atoms with Crippen molar-refractivity contribution in [2.45, 2.75) is 24.7 Å². The van der Waals surface area contributed by atoms with Gasteiger partial charge in [-0.1, -0.05) is 29.5 Å². The van der Waals surface area contributed by atoms with E-state index in [0.29, 0.717) is 24.2 Å². The van der Waals surface area contributed by atoms with Crippen LogP contribution in [0.5, 0.6) is 5.75 Å². The summed E-state index contributed by atoms with van der Waals surface area (Å²) in [7, 11) is 0. The second kappa shape index (κ2) is 8.82. The fourth-order valence-corrected chi connectivity index (χ4v) is 2.77. The Balaban J connectivity index is 1.67. The molecular weight excluding hydrogens is 401 g/mol. The number of aromatic nitrogens is 3. The third-order valence-electron chi connectivity index (χ3n) is 4.62. The number of aliphatic hydroxyl groups excluding tert-OH is 2. The Morgan fingerprint density at radius 1 is 0.967 bits per heavy atom. The van der Waals surface area contributed by atoms with Gasteiger partial charge in [-0.2, -0.15) is 0 Å². The normalized spacial score (nSPS) is 12.2. The molecule has 3 rings (SSSR count). The van der Waals surface area contributed by atoms with Gasteiger partial charge in [-0.15, -0.1) is 18.3 Å². The number of alkyl halides is 3. The van der Waals surface area contributed by atoms with Crippen LogP contribution in [0, 0.1) is 0 Å². The molecule has 0 saturated heterocycles. The third kappa shape index (κ3) is 5.56. The lowest BCUT2D eigenvalue weighted by Gasteiger charge is -2.24. The van der Waals surface area contributed by atoms with Gasteiger partial charge in [0.05, 0.1) is 30.6 Å². The Labute approximate surface area is 170 Å². The van der Waals surface area contributed by atoms with Crippen LogP contribution in [0.15, 0.2) is 54.7 Å². The smallest absolute Gasteiger partial charge is 0.406 e. The molecule has 0 saturated carbocycles. The van der Waals surface area contributed by atoms with Crippen LogP contribution >= 0.6 is 0 Å². The molecule has 160 valence electrons. The van der Waals surface area contributed by atoms with E-state index in [9.17, 15) is 23.4 Å². The summed E-state index contributed by atoms with van der Waals surface area (Å²) >= 11 is 0. The van der Waals surface area contributed by atoms with Crippen LogP contribution in [-0.2, 0) is 6.42 Å². The van der Waals surface area contributed by atoms with Gasteiger partial charge in [0.2, 0.25) is 0 Å². The second-order valence-electron chi connectivity index (χ2n) is 6.97. The summed E-state index contributed by atoms with van der Waals surface area (Å²) in [5.74, 6) is -0.314. The van der Waals surface area contributed by atoms with Crippen molar-refractivity contribution in [3.05, 3.63) is 60.3 Å². The van der Waals surface area contributed by atoms with E-state index < -0.39 is 11.9 Å². The summed E-state index contributed by atoms with van der Waals surface area (Å²) in [6.45, 7) is -0.595. The average Bonchev–Trinajstić information content (AvgIpc) is 3.22. The molecule has 0 amide bonds. The quantitative estimate of drug-likeness (QED) is 0.515. The van der Waals surface area contributed by atoms with E-state index in [1.165, 1.54) is 28.9 Å². The fourth-order valence-electron chi connectivity index (χ4n) is 2.77. The zero-order chi connectivity index (χ0) is 21.8. The molecule has 0 atom stereocenters. The van der Waals surface area contributed by atoms with E-state index in [0.717, 1.165) is 11.1 Å². The second-order valence-corrected chi connectivity index (χ2v) is 6.97. The molecular formula is C20H21F3N4O3. The van der Waals surface area contributed by atoms with Gasteiger partial charge >= 0.3 is 6.36 Å². The fraction of sp³-hybridized carbons (Fsp3) is 0.300. The molecule has 0 aliphatic rings. The number of hydrogen-bond acceptors (Lipinski definition) is 6. The van der Waals surface area contributed by atoms with E-state index >= 15 is 0 Å². The van der Waals surface area contributed by atoms with Crippen molar-refractivity contribution in [1.29, 1.82) is 0 Å². The van der Waals surface area contributed by atoms with Gasteiger partial charge in [0.25, 0.3) is 0 Å². The highest BCUT2D eigenvalue weighted by molar-refractivity contribution is 5.58. The van der Waals surface area contributed by atoms with Gasteiger partial charge in [-0.3, -0.25) is 0 Å². The number of nitrogens with zero attached hydrogens (tertiary/aromatic N) is 3. The van der Waals surface area contributed by atoms with Crippen molar-refractivity contribution >= 4 is 0 Å². The molecule has 1 heterocycles. The van der Waals surface area contributed by atoms with Crippen molar-refractivity contribution in [2.75, 3.05) is 13.2 Å². The lowest BCUT2D eigenvalue weighted by Crippen LogP contribution is -2.47. The first-order valence-corrected chi connectivity index (χ1v) is 9.10. The summed E-state index contributed by atoms with van der Waals surface area (Å²) in [5, 5.41) is 26.6. The molecule has 0 unspecified atom stereocenters. The number of ether oxygens (including phenoxy) is 1. The Morgan fingerprint density at radius 2 is 1.60 bits per heavy atom. The largest absolute Gasteiger partial charge is 0.573 e. The molecule has 2 aromatic carbocycles. The maximum absolute atomic E-state index is 12.2. The highest BCUT2D eigenvalue weighted by Gasteiger charge is 2.31. The highest BCUT2D eigenvalue weighted by atomic mass is 19.4. The Kier molecular flexibility index (Phi) is 6.40. The number of aryl methyl sites for hydroxylation is 1. The first kappa shape index (κ1) is 21.8. The predicted molar refractivity (Wildman–Crippen MR) is 103 cm³/mol. The van der Waals surface area contributed by atoms with Gasteiger partial charge in [0.1, 0.15) is 11.4 Å². The van der Waals surface area contributed by atoms with Crippen LogP contribution < -0.4 is 10.5 Å². The number of nitrogens with two attached hydrogens (primary N) is 1. The van der Waals surface area contributed by atoms with Gasteiger partial charge in [0, 0.05) is 5.56 Å². The van der Waals surface area contributed by atoms with Crippen LogP contribution in [0.1, 0.15) is 12.0 Å². The Bertz CT molecular complexity index is 953. The minimum absolute atomic E-state index is 0.298. The maximum Gasteiger partial charge on any atom is 0.573 e. The minimum Gasteiger partial charge on any atom is -0.406 e. The summed E-state index contributed by atoms with van der Waals surface area (Å²) in [5.41, 5.74) is 7.79. The molecule has 0 bridgehead atoms. The molecule has 30 heavy (non-hydrogen) atoms. The maximum atomic E-state index is 12.2. The zero-order valence-electron chi connectivity index (χ0n) is 15.9. The number of benzene rings is 2. The molecule has 4 N–H and O–H groups in total. The number of halogens is 3. The Hall–Kier alpha value is -2.95. The van der Waals surface area contributed by atoms with E-state index in [4.69, 9.17) is 5.73 Å². The molecule has 7 nitrogen and oxygen atoms in total. The minimum atomic E-state index is -4.74. The van der Waals surface area contributed by atoms with E-state index in [-0.39, 0.29) is 19.0 Å². The first-order valence-electron chi connectivity index (χ1n) is 9.10. The lowest BCUT2D eigenvalue weighted by atomic mass is 9.93. The van der Waals surface area contributed by atoms with E-state index in [2.05, 4.69) is 15.0 Å². The van der Waals surface area contributed by atoms with Crippen LogP contribution in [-0.4, -0.2) is 50.3 Å². The zero-order valence-corrected chi connectivity index (χ0v) is 15.9. The van der Waals surface area contributed by atoms with Crippen molar-refractivity contribution in [1.82, 2.24) is 15.0 Å². The van der Waals surface area contributed by atoms with Crippen molar-refractivity contribution < 1.29 is 28.1 Å². The molecule has 0 radical (unpaired) electrons. The van der Waals surface area contributed by atoms with Crippen molar-refractivity contribution in [3.63, 3.8) is 0 Å². The van der Waals surface area contributed by atoms with E-state index in [1.54, 1.807) is 6.20 Å². The standard InChI is InChI=1S/C20H21F3N4O3/c21-20(22,23)30-17-7-5-16(6-8-17)27-11-18(25-26-27)15-3-1-14(2-4-15)9-10-19(24,12-28)13-29/h1-8,11,28-29H,9-10,12-13,24H2.